The lowest BCUT2D eigenvalue weighted by molar-refractivity contribution is -0.121. The number of benzene rings is 1. The van der Waals surface area contributed by atoms with E-state index in [4.69, 9.17) is 10.5 Å². The van der Waals surface area contributed by atoms with Crippen molar-refractivity contribution in [1.82, 2.24) is 5.32 Å². The van der Waals surface area contributed by atoms with Crippen molar-refractivity contribution in [3.05, 3.63) is 29.8 Å². The van der Waals surface area contributed by atoms with Crippen LogP contribution in [-0.2, 0) is 16.0 Å². The van der Waals surface area contributed by atoms with E-state index in [1.165, 1.54) is 0 Å². The number of rotatable bonds is 6. The lowest BCUT2D eigenvalue weighted by Gasteiger charge is -2.13. The molecule has 1 amide bonds. The minimum Gasteiger partial charge on any atom is -0.399 e. The molecule has 4 heteroatoms. The number of nitrogens with one attached hydrogen (secondary N) is 1. The largest absolute Gasteiger partial charge is 0.399 e. The molecule has 0 bridgehead atoms. The van der Waals surface area contributed by atoms with Gasteiger partial charge in [-0.2, -0.15) is 0 Å². The van der Waals surface area contributed by atoms with Crippen molar-refractivity contribution >= 4 is 11.6 Å². The average molecular weight is 236 g/mol. The number of carbonyl (C=O) groups excluding carboxylic acids is 1. The van der Waals surface area contributed by atoms with Gasteiger partial charge in [0, 0.05) is 25.4 Å². The summed E-state index contributed by atoms with van der Waals surface area (Å²) in [6.07, 6.45) is 1.18. The van der Waals surface area contributed by atoms with Crippen LogP contribution in [0.1, 0.15) is 18.9 Å². The monoisotopic (exact) mass is 236 g/mol. The zero-order valence-electron chi connectivity index (χ0n) is 10.4. The molecule has 0 aromatic heterocycles. The van der Waals surface area contributed by atoms with Crippen molar-refractivity contribution in [2.75, 3.05) is 19.5 Å². The minimum absolute atomic E-state index is 0.0132. The first-order valence-electron chi connectivity index (χ1n) is 5.74. The lowest BCUT2D eigenvalue weighted by atomic mass is 10.1. The van der Waals surface area contributed by atoms with Gasteiger partial charge in [-0.05, 0) is 31.0 Å². The second-order valence-electron chi connectivity index (χ2n) is 4.17. The number of carbonyl (C=O) groups is 1. The highest BCUT2D eigenvalue weighted by atomic mass is 16.5. The number of anilines is 1. The second kappa shape index (κ2) is 6.91. The molecule has 1 aromatic rings. The van der Waals surface area contributed by atoms with Crippen molar-refractivity contribution in [2.24, 2.45) is 0 Å². The molecule has 0 saturated heterocycles. The lowest BCUT2D eigenvalue weighted by Crippen LogP contribution is -2.34. The molecule has 3 N–H and O–H groups in total. The Bertz CT molecular complexity index is 366. The van der Waals surface area contributed by atoms with E-state index in [-0.39, 0.29) is 11.9 Å². The van der Waals surface area contributed by atoms with E-state index in [1.807, 2.05) is 31.2 Å². The Morgan fingerprint density at radius 2 is 2.29 bits per heavy atom. The Morgan fingerprint density at radius 1 is 1.53 bits per heavy atom. The summed E-state index contributed by atoms with van der Waals surface area (Å²) < 4.78 is 4.96. The number of ether oxygens (including phenoxy) is 1. The van der Waals surface area contributed by atoms with Crippen LogP contribution in [0.3, 0.4) is 0 Å². The van der Waals surface area contributed by atoms with Crippen molar-refractivity contribution in [1.29, 1.82) is 0 Å². The Morgan fingerprint density at radius 3 is 2.94 bits per heavy atom. The topological polar surface area (TPSA) is 64.3 Å². The van der Waals surface area contributed by atoms with Crippen LogP contribution in [0.25, 0.3) is 0 Å². The van der Waals surface area contributed by atoms with Crippen LogP contribution < -0.4 is 11.1 Å². The van der Waals surface area contributed by atoms with Crippen molar-refractivity contribution in [2.45, 2.75) is 25.8 Å². The molecular formula is C13H20N2O2. The molecule has 0 spiro atoms. The summed E-state index contributed by atoms with van der Waals surface area (Å²) in [6.45, 7) is 2.62. The predicted molar refractivity (Wildman–Crippen MR) is 68.7 cm³/mol. The summed E-state index contributed by atoms with van der Waals surface area (Å²) in [5.74, 6) is 0.0132. The number of methoxy groups -OCH3 is 1. The van der Waals surface area contributed by atoms with E-state index in [0.29, 0.717) is 18.7 Å². The molecule has 1 atom stereocenters. The van der Waals surface area contributed by atoms with Crippen LogP contribution in [0.2, 0.25) is 0 Å². The Hall–Kier alpha value is -1.55. The molecule has 17 heavy (non-hydrogen) atoms. The molecule has 0 radical (unpaired) electrons. The molecule has 0 aliphatic carbocycles. The van der Waals surface area contributed by atoms with E-state index in [0.717, 1.165) is 12.0 Å². The van der Waals surface area contributed by atoms with Gasteiger partial charge in [0.2, 0.25) is 5.91 Å². The second-order valence-corrected chi connectivity index (χ2v) is 4.17. The van der Waals surface area contributed by atoms with Crippen LogP contribution in [0, 0.1) is 0 Å². The molecule has 1 aromatic carbocycles. The van der Waals surface area contributed by atoms with Gasteiger partial charge in [-0.1, -0.05) is 12.1 Å². The maximum atomic E-state index is 11.7. The minimum atomic E-state index is 0.0132. The highest BCUT2D eigenvalue weighted by Gasteiger charge is 2.07. The first-order valence-corrected chi connectivity index (χ1v) is 5.74. The summed E-state index contributed by atoms with van der Waals surface area (Å²) in [5.41, 5.74) is 7.27. The van der Waals surface area contributed by atoms with Crippen LogP contribution in [0.4, 0.5) is 5.69 Å². The van der Waals surface area contributed by atoms with Crippen molar-refractivity contribution in [3.63, 3.8) is 0 Å². The summed E-state index contributed by atoms with van der Waals surface area (Å²) in [7, 11) is 1.65. The summed E-state index contributed by atoms with van der Waals surface area (Å²) >= 11 is 0. The first-order chi connectivity index (χ1) is 8.11. The molecule has 1 rings (SSSR count). The smallest absolute Gasteiger partial charge is 0.224 e. The van der Waals surface area contributed by atoms with E-state index in [9.17, 15) is 4.79 Å². The molecule has 0 saturated carbocycles. The summed E-state index contributed by atoms with van der Waals surface area (Å²) in [6, 6.07) is 7.51. The molecule has 1 unspecified atom stereocenters. The maximum absolute atomic E-state index is 11.7. The van der Waals surface area contributed by atoms with Gasteiger partial charge in [-0.25, -0.2) is 0 Å². The third-order valence-electron chi connectivity index (χ3n) is 2.48. The molecule has 4 nitrogen and oxygen atoms in total. The van der Waals surface area contributed by atoms with Gasteiger partial charge in [-0.15, -0.1) is 0 Å². The third kappa shape index (κ3) is 5.36. The van der Waals surface area contributed by atoms with Gasteiger partial charge >= 0.3 is 0 Å². The van der Waals surface area contributed by atoms with E-state index in [1.54, 1.807) is 7.11 Å². The molecule has 94 valence electrons. The summed E-state index contributed by atoms with van der Waals surface area (Å²) in [4.78, 5) is 11.7. The molecular weight excluding hydrogens is 216 g/mol. The van der Waals surface area contributed by atoms with Crippen LogP contribution >= 0.6 is 0 Å². The quantitative estimate of drug-likeness (QED) is 0.733. The average Bonchev–Trinajstić information content (AvgIpc) is 2.26. The van der Waals surface area contributed by atoms with Crippen LogP contribution in [-0.4, -0.2) is 25.7 Å². The standard InChI is InChI=1S/C13H20N2O2/c1-10(6-7-17-2)15-13(16)9-11-4-3-5-12(14)8-11/h3-5,8,10H,6-7,9,14H2,1-2H3,(H,15,16). The molecule has 0 fully saturated rings. The Kier molecular flexibility index (Phi) is 5.49. The summed E-state index contributed by atoms with van der Waals surface area (Å²) in [5, 5.41) is 2.92. The van der Waals surface area contributed by atoms with Gasteiger partial charge < -0.3 is 15.8 Å². The normalized spacial score (nSPS) is 12.1. The third-order valence-corrected chi connectivity index (χ3v) is 2.48. The number of hydrogen-bond donors (Lipinski definition) is 2. The fourth-order valence-electron chi connectivity index (χ4n) is 1.58. The highest BCUT2D eigenvalue weighted by Crippen LogP contribution is 2.07. The Labute approximate surface area is 102 Å². The molecule has 0 aliphatic heterocycles. The van der Waals surface area contributed by atoms with Crippen molar-refractivity contribution < 1.29 is 9.53 Å². The van der Waals surface area contributed by atoms with Crippen molar-refractivity contribution in [3.8, 4) is 0 Å². The van der Waals surface area contributed by atoms with Gasteiger partial charge in [0.05, 0.1) is 6.42 Å². The highest BCUT2D eigenvalue weighted by molar-refractivity contribution is 5.79. The van der Waals surface area contributed by atoms with E-state index in [2.05, 4.69) is 5.32 Å². The van der Waals surface area contributed by atoms with E-state index < -0.39 is 0 Å². The van der Waals surface area contributed by atoms with Gasteiger partial charge in [0.1, 0.15) is 0 Å². The van der Waals surface area contributed by atoms with Gasteiger partial charge in [-0.3, -0.25) is 4.79 Å². The fourth-order valence-corrected chi connectivity index (χ4v) is 1.58. The van der Waals surface area contributed by atoms with Crippen LogP contribution in [0.15, 0.2) is 24.3 Å². The van der Waals surface area contributed by atoms with Gasteiger partial charge in [0.25, 0.3) is 0 Å². The zero-order valence-corrected chi connectivity index (χ0v) is 10.4. The number of nitrogens with two attached hydrogens (primary N) is 1. The number of amides is 1. The molecule has 0 aliphatic rings. The zero-order chi connectivity index (χ0) is 12.7. The van der Waals surface area contributed by atoms with Gasteiger partial charge in [0.15, 0.2) is 0 Å². The SMILES string of the molecule is COCCC(C)NC(=O)Cc1cccc(N)c1. The van der Waals surface area contributed by atoms with E-state index >= 15 is 0 Å². The number of nitrogen functional groups attached to an aromatic ring is 1. The molecule has 0 heterocycles. The Balaban J connectivity index is 2.39. The fraction of sp³-hybridized carbons (Fsp3) is 0.462. The predicted octanol–water partition coefficient (Wildman–Crippen LogP) is 1.35. The maximum Gasteiger partial charge on any atom is 0.224 e. The van der Waals surface area contributed by atoms with Crippen LogP contribution in [0.5, 0.6) is 0 Å². The first kappa shape index (κ1) is 13.5. The number of hydrogen-bond acceptors (Lipinski definition) is 3.